The molecule has 0 amide bonds. The molecule has 0 atom stereocenters. The van der Waals surface area contributed by atoms with Crippen molar-refractivity contribution in [1.82, 2.24) is 24.6 Å². The molecule has 0 aliphatic carbocycles. The summed E-state index contributed by atoms with van der Waals surface area (Å²) in [6, 6.07) is 8.29. The molecule has 0 bridgehead atoms. The molecule has 4 rings (SSSR count). The summed E-state index contributed by atoms with van der Waals surface area (Å²) < 4.78 is 1.87. The van der Waals surface area contributed by atoms with E-state index in [1.54, 1.807) is 0 Å². The van der Waals surface area contributed by atoms with Gasteiger partial charge in [0.05, 0.1) is 16.7 Å². The Morgan fingerprint density at radius 1 is 1.04 bits per heavy atom. The molecule has 0 aliphatic heterocycles. The SMILES string of the molecule is Cc1cc(NCCCc2nc3c(C)c(C)ccc3[nH]2)n2nc(C)cc2n1. The van der Waals surface area contributed by atoms with Crippen LogP contribution in [0, 0.1) is 27.7 Å². The van der Waals surface area contributed by atoms with E-state index in [9.17, 15) is 0 Å². The van der Waals surface area contributed by atoms with E-state index in [2.05, 4.69) is 46.4 Å². The van der Waals surface area contributed by atoms with E-state index in [-0.39, 0.29) is 0 Å². The van der Waals surface area contributed by atoms with Crippen molar-refractivity contribution < 1.29 is 0 Å². The lowest BCUT2D eigenvalue weighted by Crippen LogP contribution is -2.09. The molecule has 0 spiro atoms. The number of fused-ring (bicyclic) bond motifs is 2. The molecule has 0 saturated carbocycles. The average Bonchev–Trinajstić information content (AvgIpc) is 3.18. The van der Waals surface area contributed by atoms with Crippen molar-refractivity contribution in [3.05, 3.63) is 52.6 Å². The standard InChI is InChI=1S/C20H24N6/c1-12-7-8-16-20(15(12)4)24-17(23-16)6-5-9-21-18-10-13(2)22-19-11-14(3)25-26(18)19/h7-8,10-11,21H,5-6,9H2,1-4H3,(H,23,24). The van der Waals surface area contributed by atoms with Gasteiger partial charge in [0.1, 0.15) is 11.6 Å². The number of imidazole rings is 1. The Balaban J connectivity index is 1.44. The van der Waals surface area contributed by atoms with E-state index in [1.807, 2.05) is 30.5 Å². The van der Waals surface area contributed by atoms with E-state index in [0.717, 1.165) is 59.1 Å². The molecule has 26 heavy (non-hydrogen) atoms. The third kappa shape index (κ3) is 3.03. The van der Waals surface area contributed by atoms with Gasteiger partial charge < -0.3 is 10.3 Å². The Morgan fingerprint density at radius 2 is 1.88 bits per heavy atom. The van der Waals surface area contributed by atoms with Crippen LogP contribution in [-0.2, 0) is 6.42 Å². The molecule has 3 heterocycles. The van der Waals surface area contributed by atoms with E-state index < -0.39 is 0 Å². The minimum atomic E-state index is 0.854. The third-order valence-corrected chi connectivity index (χ3v) is 4.80. The number of nitrogens with zero attached hydrogens (tertiary/aromatic N) is 4. The maximum atomic E-state index is 4.77. The average molecular weight is 348 g/mol. The Morgan fingerprint density at radius 3 is 2.73 bits per heavy atom. The van der Waals surface area contributed by atoms with Crippen molar-refractivity contribution in [3.63, 3.8) is 0 Å². The molecule has 1 aromatic carbocycles. The van der Waals surface area contributed by atoms with Gasteiger partial charge in [0.15, 0.2) is 5.65 Å². The number of aromatic nitrogens is 5. The predicted molar refractivity (Wildman–Crippen MR) is 105 cm³/mol. The van der Waals surface area contributed by atoms with Crippen molar-refractivity contribution in [3.8, 4) is 0 Å². The summed E-state index contributed by atoms with van der Waals surface area (Å²) >= 11 is 0. The molecular formula is C20H24N6. The first kappa shape index (κ1) is 16.6. The molecule has 3 aromatic heterocycles. The molecule has 0 unspecified atom stereocenters. The van der Waals surface area contributed by atoms with Crippen LogP contribution in [0.5, 0.6) is 0 Å². The molecule has 0 fully saturated rings. The first-order chi connectivity index (χ1) is 12.5. The van der Waals surface area contributed by atoms with Crippen molar-refractivity contribution in [2.24, 2.45) is 0 Å². The van der Waals surface area contributed by atoms with Crippen LogP contribution < -0.4 is 5.32 Å². The zero-order valence-electron chi connectivity index (χ0n) is 15.7. The quantitative estimate of drug-likeness (QED) is 0.537. The third-order valence-electron chi connectivity index (χ3n) is 4.80. The van der Waals surface area contributed by atoms with Crippen molar-refractivity contribution in [2.45, 2.75) is 40.5 Å². The molecule has 0 aliphatic rings. The first-order valence-electron chi connectivity index (χ1n) is 9.04. The molecule has 0 saturated heterocycles. The highest BCUT2D eigenvalue weighted by Gasteiger charge is 2.08. The zero-order chi connectivity index (χ0) is 18.3. The summed E-state index contributed by atoms with van der Waals surface area (Å²) in [5.74, 6) is 2.03. The second-order valence-electron chi connectivity index (χ2n) is 6.96. The van der Waals surface area contributed by atoms with Gasteiger partial charge >= 0.3 is 0 Å². The van der Waals surface area contributed by atoms with E-state index in [1.165, 1.54) is 11.1 Å². The summed E-state index contributed by atoms with van der Waals surface area (Å²) in [5, 5.41) is 8.00. The lowest BCUT2D eigenvalue weighted by Gasteiger charge is -2.08. The Hall–Kier alpha value is -2.89. The van der Waals surface area contributed by atoms with Crippen molar-refractivity contribution >= 4 is 22.5 Å². The summed E-state index contributed by atoms with van der Waals surface area (Å²) in [5.41, 5.74) is 7.59. The topological polar surface area (TPSA) is 70.9 Å². The van der Waals surface area contributed by atoms with Gasteiger partial charge in [-0.15, -0.1) is 0 Å². The lowest BCUT2D eigenvalue weighted by atomic mass is 10.1. The molecule has 6 nitrogen and oxygen atoms in total. The van der Waals surface area contributed by atoms with Crippen molar-refractivity contribution in [1.29, 1.82) is 0 Å². The predicted octanol–water partition coefficient (Wildman–Crippen LogP) is 3.88. The van der Waals surface area contributed by atoms with Crippen LogP contribution in [0.4, 0.5) is 5.82 Å². The van der Waals surface area contributed by atoms with Crippen LogP contribution in [0.3, 0.4) is 0 Å². The monoisotopic (exact) mass is 348 g/mol. The van der Waals surface area contributed by atoms with Gasteiger partial charge in [-0.25, -0.2) is 9.97 Å². The fourth-order valence-corrected chi connectivity index (χ4v) is 3.30. The maximum absolute atomic E-state index is 4.77. The highest BCUT2D eigenvalue weighted by Crippen LogP contribution is 2.20. The van der Waals surface area contributed by atoms with Crippen LogP contribution in [-0.4, -0.2) is 31.1 Å². The van der Waals surface area contributed by atoms with Gasteiger partial charge in [-0.05, 0) is 51.3 Å². The number of hydrogen-bond donors (Lipinski definition) is 2. The van der Waals surface area contributed by atoms with Gasteiger partial charge in [0, 0.05) is 30.8 Å². The van der Waals surface area contributed by atoms with Gasteiger partial charge in [0.2, 0.25) is 0 Å². The van der Waals surface area contributed by atoms with Crippen molar-refractivity contribution in [2.75, 3.05) is 11.9 Å². The van der Waals surface area contributed by atoms with E-state index >= 15 is 0 Å². The van der Waals surface area contributed by atoms with Crippen LogP contribution in [0.2, 0.25) is 0 Å². The number of H-pyrrole nitrogens is 1. The maximum Gasteiger partial charge on any atom is 0.157 e. The number of aryl methyl sites for hydroxylation is 5. The van der Waals surface area contributed by atoms with E-state index in [0.29, 0.717) is 0 Å². The van der Waals surface area contributed by atoms with Gasteiger partial charge in [-0.1, -0.05) is 6.07 Å². The van der Waals surface area contributed by atoms with E-state index in [4.69, 9.17) is 4.98 Å². The van der Waals surface area contributed by atoms with Gasteiger partial charge in [-0.3, -0.25) is 0 Å². The number of benzene rings is 1. The van der Waals surface area contributed by atoms with Crippen LogP contribution in [0.15, 0.2) is 24.3 Å². The number of aromatic amines is 1. The molecule has 0 radical (unpaired) electrons. The smallest absolute Gasteiger partial charge is 0.157 e. The fraction of sp³-hybridized carbons (Fsp3) is 0.350. The van der Waals surface area contributed by atoms with Crippen LogP contribution >= 0.6 is 0 Å². The first-order valence-corrected chi connectivity index (χ1v) is 9.04. The molecular weight excluding hydrogens is 324 g/mol. The number of nitrogens with one attached hydrogen (secondary N) is 2. The van der Waals surface area contributed by atoms with Crippen LogP contribution in [0.1, 0.15) is 34.8 Å². The molecule has 2 N–H and O–H groups in total. The number of rotatable bonds is 5. The summed E-state index contributed by atoms with van der Waals surface area (Å²) in [6.45, 7) is 9.10. The minimum absolute atomic E-state index is 0.854. The number of anilines is 1. The summed E-state index contributed by atoms with van der Waals surface area (Å²) in [6.07, 6.45) is 1.90. The second-order valence-corrected chi connectivity index (χ2v) is 6.96. The number of hydrogen-bond acceptors (Lipinski definition) is 4. The molecule has 4 aromatic rings. The fourth-order valence-electron chi connectivity index (χ4n) is 3.30. The second kappa shape index (κ2) is 6.44. The molecule has 6 heteroatoms. The van der Waals surface area contributed by atoms with Crippen LogP contribution in [0.25, 0.3) is 16.7 Å². The Labute approximate surface area is 152 Å². The van der Waals surface area contributed by atoms with Gasteiger partial charge in [-0.2, -0.15) is 9.61 Å². The normalized spacial score (nSPS) is 11.5. The Kier molecular flexibility index (Phi) is 4.11. The lowest BCUT2D eigenvalue weighted by molar-refractivity contribution is 0.807. The highest BCUT2D eigenvalue weighted by atomic mass is 15.3. The zero-order valence-corrected chi connectivity index (χ0v) is 15.7. The molecule has 134 valence electrons. The summed E-state index contributed by atoms with van der Waals surface area (Å²) in [4.78, 5) is 12.7. The van der Waals surface area contributed by atoms with Gasteiger partial charge in [0.25, 0.3) is 0 Å². The highest BCUT2D eigenvalue weighted by molar-refractivity contribution is 5.79. The largest absolute Gasteiger partial charge is 0.370 e. The minimum Gasteiger partial charge on any atom is -0.370 e. The summed E-state index contributed by atoms with van der Waals surface area (Å²) in [7, 11) is 0. The Bertz CT molecular complexity index is 1090.